The summed E-state index contributed by atoms with van der Waals surface area (Å²) in [6.45, 7) is 3.84. The highest BCUT2D eigenvalue weighted by atomic mass is 19.1. The second-order valence-electron chi connectivity index (χ2n) is 7.44. The summed E-state index contributed by atoms with van der Waals surface area (Å²) in [5, 5.41) is 0. The Morgan fingerprint density at radius 3 is 1.84 bits per heavy atom. The highest BCUT2D eigenvalue weighted by molar-refractivity contribution is 6.01. The van der Waals surface area contributed by atoms with Crippen LogP contribution >= 0.6 is 0 Å². The predicted molar refractivity (Wildman–Crippen MR) is 115 cm³/mol. The second kappa shape index (κ2) is 9.94. The molecule has 1 atom stereocenters. The van der Waals surface area contributed by atoms with Crippen LogP contribution in [0, 0.1) is 19.7 Å². The number of ether oxygens (including phenoxy) is 1. The first-order valence-electron chi connectivity index (χ1n) is 9.99. The van der Waals surface area contributed by atoms with Gasteiger partial charge >= 0.3 is 5.97 Å². The number of hydrogen-bond donors (Lipinski definition) is 0. The molecule has 0 amide bonds. The van der Waals surface area contributed by atoms with Crippen molar-refractivity contribution in [2.75, 3.05) is 0 Å². The van der Waals surface area contributed by atoms with Crippen LogP contribution in [-0.2, 0) is 9.53 Å². The lowest BCUT2D eigenvalue weighted by atomic mass is 9.98. The first-order chi connectivity index (χ1) is 14.8. The van der Waals surface area contributed by atoms with Crippen molar-refractivity contribution >= 4 is 17.5 Å². The lowest BCUT2D eigenvalue weighted by molar-refractivity contribution is -0.147. The molecule has 3 rings (SSSR count). The van der Waals surface area contributed by atoms with Crippen molar-refractivity contribution < 1.29 is 23.5 Å². The fraction of sp³-hybridized carbons (Fsp3) is 0.192. The highest BCUT2D eigenvalue weighted by Crippen LogP contribution is 2.24. The van der Waals surface area contributed by atoms with Gasteiger partial charge in [0.15, 0.2) is 11.9 Å². The predicted octanol–water partition coefficient (Wildman–Crippen LogP) is 5.57. The quantitative estimate of drug-likeness (QED) is 0.354. The first-order valence-corrected chi connectivity index (χ1v) is 9.99. The molecule has 158 valence electrons. The van der Waals surface area contributed by atoms with Gasteiger partial charge in [-0.3, -0.25) is 14.4 Å². The fourth-order valence-electron chi connectivity index (χ4n) is 3.07. The third kappa shape index (κ3) is 5.95. The van der Waals surface area contributed by atoms with E-state index < -0.39 is 17.9 Å². The van der Waals surface area contributed by atoms with Gasteiger partial charge < -0.3 is 4.74 Å². The van der Waals surface area contributed by atoms with Crippen molar-refractivity contribution in [2.24, 2.45) is 0 Å². The number of aryl methyl sites for hydroxylation is 2. The van der Waals surface area contributed by atoms with Crippen molar-refractivity contribution in [2.45, 2.75) is 32.8 Å². The normalized spacial score (nSPS) is 11.6. The molecule has 3 aromatic rings. The molecule has 0 spiro atoms. The van der Waals surface area contributed by atoms with Crippen LogP contribution in [0.1, 0.15) is 56.4 Å². The molecule has 0 fully saturated rings. The first kappa shape index (κ1) is 22.1. The van der Waals surface area contributed by atoms with E-state index >= 15 is 0 Å². The molecule has 0 aliphatic rings. The highest BCUT2D eigenvalue weighted by Gasteiger charge is 2.26. The van der Waals surface area contributed by atoms with Crippen LogP contribution in [0.3, 0.4) is 0 Å². The van der Waals surface area contributed by atoms with Gasteiger partial charge in [-0.2, -0.15) is 0 Å². The Hall–Kier alpha value is -3.60. The monoisotopic (exact) mass is 418 g/mol. The molecule has 31 heavy (non-hydrogen) atoms. The molecule has 0 aliphatic carbocycles. The largest absolute Gasteiger partial charge is 0.449 e. The van der Waals surface area contributed by atoms with E-state index in [0.717, 1.165) is 11.1 Å². The van der Waals surface area contributed by atoms with E-state index in [2.05, 4.69) is 0 Å². The Balaban J connectivity index is 1.73. The van der Waals surface area contributed by atoms with Gasteiger partial charge in [0.2, 0.25) is 5.78 Å². The molecule has 0 aliphatic heterocycles. The molecule has 0 radical (unpaired) electrons. The lowest BCUT2D eigenvalue weighted by Gasteiger charge is -2.18. The zero-order valence-corrected chi connectivity index (χ0v) is 17.4. The third-order valence-electron chi connectivity index (χ3n) is 4.93. The van der Waals surface area contributed by atoms with Gasteiger partial charge in [-0.25, -0.2) is 4.39 Å². The summed E-state index contributed by atoms with van der Waals surface area (Å²) < 4.78 is 18.5. The van der Waals surface area contributed by atoms with Gasteiger partial charge in [-0.15, -0.1) is 0 Å². The Bertz CT molecular complexity index is 1070. The molecular formula is C26H23FO4. The van der Waals surface area contributed by atoms with E-state index in [4.69, 9.17) is 4.74 Å². The molecule has 0 bridgehead atoms. The zero-order chi connectivity index (χ0) is 22.4. The molecule has 0 N–H and O–H groups in total. The number of hydrogen-bond acceptors (Lipinski definition) is 4. The van der Waals surface area contributed by atoms with Crippen LogP contribution in [0.15, 0.2) is 72.8 Å². The maximum Gasteiger partial charge on any atom is 0.307 e. The number of Topliss-reactive ketones (excluding diaryl/α,β-unsaturated/α-hetero) is 2. The van der Waals surface area contributed by atoms with Crippen LogP contribution in [0.5, 0.6) is 0 Å². The molecule has 0 heterocycles. The lowest BCUT2D eigenvalue weighted by Crippen LogP contribution is -2.20. The van der Waals surface area contributed by atoms with Gasteiger partial charge in [0.25, 0.3) is 0 Å². The van der Waals surface area contributed by atoms with E-state index in [1.807, 2.05) is 38.1 Å². The van der Waals surface area contributed by atoms with Crippen LogP contribution in [-0.4, -0.2) is 17.5 Å². The topological polar surface area (TPSA) is 60.4 Å². The van der Waals surface area contributed by atoms with Crippen molar-refractivity contribution in [3.63, 3.8) is 0 Å². The number of halogens is 1. The van der Waals surface area contributed by atoms with Crippen LogP contribution in [0.4, 0.5) is 4.39 Å². The molecule has 0 saturated carbocycles. The minimum absolute atomic E-state index is 0.0934. The van der Waals surface area contributed by atoms with Crippen molar-refractivity contribution in [1.29, 1.82) is 0 Å². The number of esters is 1. The number of carbonyl (C=O) groups excluding carboxylic acids is 3. The number of benzene rings is 3. The standard InChI is InChI=1S/C26H23FO4/c1-17-3-7-20(8-4-17)25(30)26(21-9-5-18(2)6-10-21)31-24(29)16-15-23(28)19-11-13-22(27)14-12-19/h3-14,26H,15-16H2,1-2H3/t26-/m1/s1. The van der Waals surface area contributed by atoms with Crippen molar-refractivity contribution in [3.05, 3.63) is 106 Å². The summed E-state index contributed by atoms with van der Waals surface area (Å²) in [6.07, 6.45) is -1.37. The van der Waals surface area contributed by atoms with Crippen molar-refractivity contribution in [3.8, 4) is 0 Å². The molecule has 0 unspecified atom stereocenters. The van der Waals surface area contributed by atoms with E-state index in [1.54, 1.807) is 24.3 Å². The third-order valence-corrected chi connectivity index (χ3v) is 4.93. The number of carbonyl (C=O) groups is 3. The van der Waals surface area contributed by atoms with E-state index in [1.165, 1.54) is 24.3 Å². The Morgan fingerprint density at radius 1 is 0.742 bits per heavy atom. The average molecular weight is 418 g/mol. The summed E-state index contributed by atoms with van der Waals surface area (Å²) in [4.78, 5) is 37.8. The summed E-state index contributed by atoms with van der Waals surface area (Å²) in [5.41, 5.74) is 3.35. The second-order valence-corrected chi connectivity index (χ2v) is 7.44. The summed E-state index contributed by atoms with van der Waals surface area (Å²) in [5.74, 6) is -1.72. The summed E-state index contributed by atoms with van der Waals surface area (Å²) in [6, 6.07) is 19.4. The fourth-order valence-corrected chi connectivity index (χ4v) is 3.07. The van der Waals surface area contributed by atoms with Gasteiger partial charge in [0, 0.05) is 23.1 Å². The summed E-state index contributed by atoms with van der Waals surface area (Å²) >= 11 is 0. The maximum atomic E-state index is 13.1. The Kier molecular flexibility index (Phi) is 7.08. The molecule has 0 saturated heterocycles. The van der Waals surface area contributed by atoms with Gasteiger partial charge in [0.05, 0.1) is 6.42 Å². The van der Waals surface area contributed by atoms with Crippen LogP contribution < -0.4 is 0 Å². The Labute approximate surface area is 180 Å². The molecular weight excluding hydrogens is 395 g/mol. The number of ketones is 2. The van der Waals surface area contributed by atoms with Crippen molar-refractivity contribution in [1.82, 2.24) is 0 Å². The van der Waals surface area contributed by atoms with E-state index in [9.17, 15) is 18.8 Å². The molecule has 4 nitrogen and oxygen atoms in total. The molecule has 5 heteroatoms. The minimum atomic E-state index is -1.10. The van der Waals surface area contributed by atoms with E-state index in [-0.39, 0.29) is 24.4 Å². The minimum Gasteiger partial charge on any atom is -0.449 e. The molecule has 0 aromatic heterocycles. The Morgan fingerprint density at radius 2 is 1.26 bits per heavy atom. The number of rotatable bonds is 8. The molecule has 3 aromatic carbocycles. The zero-order valence-electron chi connectivity index (χ0n) is 17.4. The average Bonchev–Trinajstić information content (AvgIpc) is 2.77. The maximum absolute atomic E-state index is 13.1. The van der Waals surface area contributed by atoms with Gasteiger partial charge in [-0.05, 0) is 38.1 Å². The SMILES string of the molecule is Cc1ccc(C(=O)[C@H](OC(=O)CCC(=O)c2ccc(F)cc2)c2ccc(C)cc2)cc1. The van der Waals surface area contributed by atoms with Gasteiger partial charge in [0.1, 0.15) is 5.82 Å². The van der Waals surface area contributed by atoms with Gasteiger partial charge in [-0.1, -0.05) is 59.7 Å². The van der Waals surface area contributed by atoms with E-state index in [0.29, 0.717) is 16.7 Å². The van der Waals surface area contributed by atoms with Crippen LogP contribution in [0.2, 0.25) is 0 Å². The van der Waals surface area contributed by atoms with Crippen LogP contribution in [0.25, 0.3) is 0 Å². The smallest absolute Gasteiger partial charge is 0.307 e. The summed E-state index contributed by atoms with van der Waals surface area (Å²) in [7, 11) is 0.